The molecule has 37 heavy (non-hydrogen) atoms. The first-order valence-electron chi connectivity index (χ1n) is 12.2. The highest BCUT2D eigenvalue weighted by Gasteiger charge is 2.57. The molecule has 3 N–H and O–H groups in total. The number of anilines is 1. The Labute approximate surface area is 215 Å². The number of urea groups is 1. The quantitative estimate of drug-likeness (QED) is 0.355. The molecule has 4 aromatic carbocycles. The highest BCUT2D eigenvalue weighted by molar-refractivity contribution is 6.02. The number of carbonyl (C=O) groups is 3. The number of nitrogens with two attached hydrogens (primary N) is 1. The molecule has 0 spiro atoms. The standard InChI is InChI=1S/C31H27N3O3/c32-30(36)28-25(21-13-5-1-6-14-21)26(29(35)23-17-9-3-10-18-23)27(22-15-7-2-8-16-22)34(28)31(37)33-24-19-11-4-12-20-24/h1-20,25-28H,(H2,32,36)(H,33,37). The lowest BCUT2D eigenvalue weighted by Gasteiger charge is -2.31. The maximum atomic E-state index is 14.2. The summed E-state index contributed by atoms with van der Waals surface area (Å²) >= 11 is 0. The number of hydrogen-bond acceptors (Lipinski definition) is 3. The van der Waals surface area contributed by atoms with E-state index >= 15 is 0 Å². The van der Waals surface area contributed by atoms with Gasteiger partial charge in [-0.05, 0) is 23.3 Å². The number of rotatable bonds is 6. The molecule has 4 unspecified atom stereocenters. The molecule has 1 aliphatic rings. The van der Waals surface area contributed by atoms with Crippen LogP contribution in [0.4, 0.5) is 10.5 Å². The average molecular weight is 490 g/mol. The van der Waals surface area contributed by atoms with Crippen LogP contribution < -0.4 is 11.1 Å². The zero-order valence-corrected chi connectivity index (χ0v) is 20.1. The van der Waals surface area contributed by atoms with Crippen LogP contribution in [0.5, 0.6) is 0 Å². The number of nitrogens with zero attached hydrogens (tertiary/aromatic N) is 1. The van der Waals surface area contributed by atoms with Gasteiger partial charge in [0, 0.05) is 17.2 Å². The van der Waals surface area contributed by atoms with Crippen LogP contribution in [0.15, 0.2) is 121 Å². The van der Waals surface area contributed by atoms with Crippen molar-refractivity contribution in [2.75, 3.05) is 5.32 Å². The summed E-state index contributed by atoms with van der Waals surface area (Å²) in [4.78, 5) is 42.7. The van der Waals surface area contributed by atoms with Gasteiger partial charge >= 0.3 is 6.03 Å². The van der Waals surface area contributed by atoms with E-state index in [4.69, 9.17) is 5.73 Å². The summed E-state index contributed by atoms with van der Waals surface area (Å²) < 4.78 is 0. The highest BCUT2D eigenvalue weighted by atomic mass is 16.2. The first kappa shape index (κ1) is 24.0. The van der Waals surface area contributed by atoms with E-state index in [-0.39, 0.29) is 5.78 Å². The second-order valence-corrected chi connectivity index (χ2v) is 9.10. The zero-order valence-electron chi connectivity index (χ0n) is 20.1. The van der Waals surface area contributed by atoms with Crippen LogP contribution >= 0.6 is 0 Å². The maximum absolute atomic E-state index is 14.2. The van der Waals surface area contributed by atoms with Crippen LogP contribution in [0, 0.1) is 5.92 Å². The van der Waals surface area contributed by atoms with E-state index in [2.05, 4.69) is 5.32 Å². The van der Waals surface area contributed by atoms with Gasteiger partial charge in [-0.1, -0.05) is 109 Å². The van der Waals surface area contributed by atoms with E-state index in [0.717, 1.165) is 11.1 Å². The van der Waals surface area contributed by atoms with Crippen molar-refractivity contribution in [3.8, 4) is 0 Å². The molecule has 1 fully saturated rings. The van der Waals surface area contributed by atoms with E-state index < -0.39 is 35.9 Å². The van der Waals surface area contributed by atoms with Crippen molar-refractivity contribution >= 4 is 23.4 Å². The molecule has 4 aromatic rings. The van der Waals surface area contributed by atoms with E-state index in [0.29, 0.717) is 11.3 Å². The smallest absolute Gasteiger partial charge is 0.323 e. The Morgan fingerprint density at radius 1 is 0.649 bits per heavy atom. The van der Waals surface area contributed by atoms with Gasteiger partial charge in [0.05, 0.1) is 12.0 Å². The number of nitrogens with one attached hydrogen (secondary N) is 1. The van der Waals surface area contributed by atoms with Crippen molar-refractivity contribution in [3.63, 3.8) is 0 Å². The minimum absolute atomic E-state index is 0.149. The van der Waals surface area contributed by atoms with E-state index in [9.17, 15) is 14.4 Å². The van der Waals surface area contributed by atoms with Crippen molar-refractivity contribution in [1.29, 1.82) is 0 Å². The van der Waals surface area contributed by atoms with Crippen LogP contribution in [0.3, 0.4) is 0 Å². The van der Waals surface area contributed by atoms with Gasteiger partial charge < -0.3 is 16.0 Å². The van der Waals surface area contributed by atoms with E-state index in [1.165, 1.54) is 4.90 Å². The summed E-state index contributed by atoms with van der Waals surface area (Å²) in [6, 6.07) is 34.5. The van der Waals surface area contributed by atoms with Crippen molar-refractivity contribution < 1.29 is 14.4 Å². The third-order valence-corrected chi connectivity index (χ3v) is 6.90. The number of likely N-dealkylation sites (tertiary alicyclic amines) is 1. The van der Waals surface area contributed by atoms with Crippen LogP contribution in [-0.4, -0.2) is 28.7 Å². The molecule has 4 atom stereocenters. The fourth-order valence-corrected chi connectivity index (χ4v) is 5.37. The van der Waals surface area contributed by atoms with E-state index in [1.54, 1.807) is 24.3 Å². The van der Waals surface area contributed by atoms with Gasteiger partial charge in [-0.25, -0.2) is 4.79 Å². The fraction of sp³-hybridized carbons (Fsp3) is 0.129. The number of primary amides is 1. The third kappa shape index (κ3) is 4.74. The number of amides is 3. The Morgan fingerprint density at radius 2 is 1.14 bits per heavy atom. The third-order valence-electron chi connectivity index (χ3n) is 6.90. The molecule has 6 heteroatoms. The Hall–Kier alpha value is -4.71. The largest absolute Gasteiger partial charge is 0.368 e. The summed E-state index contributed by atoms with van der Waals surface area (Å²) in [5, 5.41) is 2.91. The van der Waals surface area contributed by atoms with Crippen molar-refractivity contribution in [2.24, 2.45) is 11.7 Å². The first-order chi connectivity index (χ1) is 18.1. The van der Waals surface area contributed by atoms with Crippen molar-refractivity contribution in [3.05, 3.63) is 138 Å². The molecular formula is C31H27N3O3. The predicted molar refractivity (Wildman–Crippen MR) is 143 cm³/mol. The van der Waals surface area contributed by atoms with Gasteiger partial charge in [-0.2, -0.15) is 0 Å². The zero-order chi connectivity index (χ0) is 25.8. The molecule has 184 valence electrons. The Kier molecular flexibility index (Phi) is 6.81. The summed E-state index contributed by atoms with van der Waals surface area (Å²) in [5.41, 5.74) is 8.64. The molecule has 5 rings (SSSR count). The fourth-order valence-electron chi connectivity index (χ4n) is 5.37. The normalized spacial score (nSPS) is 20.8. The average Bonchev–Trinajstić information content (AvgIpc) is 3.31. The molecule has 0 bridgehead atoms. The molecule has 1 heterocycles. The lowest BCUT2D eigenvalue weighted by Crippen LogP contribution is -2.48. The Morgan fingerprint density at radius 3 is 1.68 bits per heavy atom. The van der Waals surface area contributed by atoms with E-state index in [1.807, 2.05) is 97.1 Å². The summed E-state index contributed by atoms with van der Waals surface area (Å²) in [7, 11) is 0. The molecule has 0 radical (unpaired) electrons. The van der Waals surface area contributed by atoms with Gasteiger partial charge in [-0.3, -0.25) is 9.59 Å². The predicted octanol–water partition coefficient (Wildman–Crippen LogP) is 5.41. The lowest BCUT2D eigenvalue weighted by molar-refractivity contribution is -0.122. The van der Waals surface area contributed by atoms with Gasteiger partial charge in [-0.15, -0.1) is 0 Å². The Bertz CT molecular complexity index is 1380. The number of Topliss-reactive ketones (excluding diaryl/α,β-unsaturated/α-hetero) is 1. The SMILES string of the molecule is NC(=O)C1C(c2ccccc2)C(C(=O)c2ccccc2)C(c2ccccc2)N1C(=O)Nc1ccccc1. The molecule has 3 amide bonds. The van der Waals surface area contributed by atoms with Gasteiger partial charge in [0.1, 0.15) is 6.04 Å². The molecule has 0 aromatic heterocycles. The number of carbonyl (C=O) groups excluding carboxylic acids is 3. The van der Waals surface area contributed by atoms with Gasteiger partial charge in [0.25, 0.3) is 0 Å². The summed E-state index contributed by atoms with van der Waals surface area (Å²) in [5.74, 6) is -2.20. The maximum Gasteiger partial charge on any atom is 0.323 e. The number of para-hydroxylation sites is 1. The number of hydrogen-bond donors (Lipinski definition) is 2. The topological polar surface area (TPSA) is 92.5 Å². The number of benzene rings is 4. The molecular weight excluding hydrogens is 462 g/mol. The van der Waals surface area contributed by atoms with Crippen LogP contribution in [-0.2, 0) is 4.79 Å². The highest BCUT2D eigenvalue weighted by Crippen LogP contribution is 2.51. The summed E-state index contributed by atoms with van der Waals surface area (Å²) in [6.45, 7) is 0. The van der Waals surface area contributed by atoms with Crippen LogP contribution in [0.2, 0.25) is 0 Å². The van der Waals surface area contributed by atoms with Crippen molar-refractivity contribution in [2.45, 2.75) is 18.0 Å². The molecule has 6 nitrogen and oxygen atoms in total. The van der Waals surface area contributed by atoms with Gasteiger partial charge in [0.15, 0.2) is 5.78 Å². The molecule has 0 aliphatic carbocycles. The van der Waals surface area contributed by atoms with Gasteiger partial charge in [0.2, 0.25) is 5.91 Å². The Balaban J connectivity index is 1.71. The number of ketones is 1. The minimum atomic E-state index is -1.05. The van der Waals surface area contributed by atoms with Crippen molar-refractivity contribution in [1.82, 2.24) is 4.90 Å². The molecule has 0 saturated carbocycles. The molecule has 1 aliphatic heterocycles. The second kappa shape index (κ2) is 10.5. The molecule has 1 saturated heterocycles. The second-order valence-electron chi connectivity index (χ2n) is 9.10. The lowest BCUT2D eigenvalue weighted by atomic mass is 9.76. The monoisotopic (exact) mass is 489 g/mol. The van der Waals surface area contributed by atoms with Crippen LogP contribution in [0.25, 0.3) is 0 Å². The first-order valence-corrected chi connectivity index (χ1v) is 12.2. The summed E-state index contributed by atoms with van der Waals surface area (Å²) in [6.07, 6.45) is 0. The minimum Gasteiger partial charge on any atom is -0.368 e. The van der Waals surface area contributed by atoms with Crippen LogP contribution in [0.1, 0.15) is 33.4 Å².